The number of nitrogens with zero attached hydrogens (tertiary/aromatic N) is 2. The molecule has 204 valence electrons. The van der Waals surface area contributed by atoms with Crippen molar-refractivity contribution >= 4 is 23.6 Å². The third-order valence-electron chi connectivity index (χ3n) is 8.21. The summed E-state index contributed by atoms with van der Waals surface area (Å²) < 4.78 is 38.9. The summed E-state index contributed by atoms with van der Waals surface area (Å²) in [6.07, 6.45) is -0.513. The fraction of sp³-hybridized carbons (Fsp3) is 0.800. The van der Waals surface area contributed by atoms with Crippen LogP contribution in [0.25, 0.3) is 0 Å². The van der Waals surface area contributed by atoms with Crippen LogP contribution >= 0.6 is 0 Å². The van der Waals surface area contributed by atoms with E-state index in [1.165, 1.54) is 25.7 Å². The lowest BCUT2D eigenvalue weighted by Gasteiger charge is -2.40. The molecular weight excluding hydrogens is 491 g/mol. The predicted octanol–water partition coefficient (Wildman–Crippen LogP) is 1.77. The van der Waals surface area contributed by atoms with Gasteiger partial charge in [0.15, 0.2) is 0 Å². The Bertz CT molecular complexity index is 1010. The number of halogens is 3. The van der Waals surface area contributed by atoms with Gasteiger partial charge in [0.1, 0.15) is 18.1 Å². The maximum atomic E-state index is 13.5. The van der Waals surface area contributed by atoms with Gasteiger partial charge in [0.05, 0.1) is 6.07 Å². The van der Waals surface area contributed by atoms with Crippen molar-refractivity contribution in [3.05, 3.63) is 0 Å². The summed E-state index contributed by atoms with van der Waals surface area (Å²) in [5.41, 5.74) is -1.14. The van der Waals surface area contributed by atoms with E-state index in [1.54, 1.807) is 0 Å². The molecule has 4 aliphatic rings. The first-order chi connectivity index (χ1) is 17.1. The molecular formula is C25H34F3N5O4. The number of hydrogen-bond donors (Lipinski definition) is 3. The predicted molar refractivity (Wildman–Crippen MR) is 124 cm³/mol. The number of amides is 4. The second-order valence-electron chi connectivity index (χ2n) is 12.2. The quantitative estimate of drug-likeness (QED) is 0.487. The molecule has 2 aliphatic carbocycles. The Morgan fingerprint density at radius 2 is 1.81 bits per heavy atom. The number of hydrogen-bond acceptors (Lipinski definition) is 5. The van der Waals surface area contributed by atoms with E-state index in [1.807, 2.05) is 11.4 Å². The molecule has 0 aromatic carbocycles. The van der Waals surface area contributed by atoms with Crippen molar-refractivity contribution in [2.24, 2.45) is 23.2 Å². The number of carbonyl (C=O) groups excluding carboxylic acids is 4. The second-order valence-corrected chi connectivity index (χ2v) is 12.2. The molecule has 0 aromatic heterocycles. The van der Waals surface area contributed by atoms with Crippen LogP contribution in [0.1, 0.15) is 65.7 Å². The molecule has 37 heavy (non-hydrogen) atoms. The number of nitrogens with one attached hydrogen (secondary N) is 3. The van der Waals surface area contributed by atoms with Crippen molar-refractivity contribution < 1.29 is 32.3 Å². The summed E-state index contributed by atoms with van der Waals surface area (Å²) in [5.74, 6) is -3.71. The van der Waals surface area contributed by atoms with Gasteiger partial charge in [-0.05, 0) is 62.2 Å². The SMILES string of the molecule is CC(C)(C)C(NC(=O)C(F)(F)F)C(=O)N1CC2CC2CC1C(=O)NC(C#N)CC1CCC2(CC2)NC1=O. The summed E-state index contributed by atoms with van der Waals surface area (Å²) in [6.45, 7) is 4.81. The lowest BCUT2D eigenvalue weighted by atomic mass is 9.84. The van der Waals surface area contributed by atoms with Gasteiger partial charge in [-0.25, -0.2) is 0 Å². The molecule has 9 nitrogen and oxygen atoms in total. The number of rotatable bonds is 6. The first-order valence-corrected chi connectivity index (χ1v) is 12.8. The zero-order chi connectivity index (χ0) is 27.3. The fourth-order valence-corrected chi connectivity index (χ4v) is 5.59. The average molecular weight is 526 g/mol. The molecule has 6 unspecified atom stereocenters. The van der Waals surface area contributed by atoms with Crippen molar-refractivity contribution in [3.8, 4) is 6.07 Å². The normalized spacial score (nSPS) is 29.8. The highest BCUT2D eigenvalue weighted by Crippen LogP contribution is 2.48. The standard InChI is InChI=1S/C25H34F3N5O4/c1-23(2,3)18(31-22(37)25(26,27)28)21(36)33-12-15-8-14(15)10-17(33)20(35)30-16(11-29)9-13-4-5-24(6-7-24)32-19(13)34/h13-18H,4-10,12H2,1-3H3,(H,30,35)(H,31,37)(H,32,34). The maximum absolute atomic E-state index is 13.5. The zero-order valence-electron chi connectivity index (χ0n) is 21.3. The highest BCUT2D eigenvalue weighted by Gasteiger charge is 2.53. The molecule has 2 saturated heterocycles. The van der Waals surface area contributed by atoms with Gasteiger partial charge in [-0.1, -0.05) is 20.8 Å². The molecule has 0 aromatic rings. The van der Waals surface area contributed by atoms with E-state index in [0.29, 0.717) is 12.8 Å². The minimum atomic E-state index is -5.16. The smallest absolute Gasteiger partial charge is 0.350 e. The van der Waals surface area contributed by atoms with E-state index >= 15 is 0 Å². The van der Waals surface area contributed by atoms with Crippen LogP contribution in [-0.4, -0.2) is 64.9 Å². The van der Waals surface area contributed by atoms with Crippen LogP contribution in [0.3, 0.4) is 0 Å². The van der Waals surface area contributed by atoms with Crippen LogP contribution in [0.2, 0.25) is 0 Å². The van der Waals surface area contributed by atoms with Crippen LogP contribution in [0.4, 0.5) is 13.2 Å². The lowest BCUT2D eigenvalue weighted by Crippen LogP contribution is -2.62. The summed E-state index contributed by atoms with van der Waals surface area (Å²) in [6, 6.07) is -1.39. The molecule has 12 heteroatoms. The number of fused-ring (bicyclic) bond motifs is 1. The van der Waals surface area contributed by atoms with Crippen molar-refractivity contribution in [2.45, 2.75) is 95.6 Å². The molecule has 0 radical (unpaired) electrons. The van der Waals surface area contributed by atoms with Gasteiger partial charge in [-0.15, -0.1) is 0 Å². The first-order valence-electron chi connectivity index (χ1n) is 12.8. The molecule has 2 saturated carbocycles. The summed E-state index contributed by atoms with van der Waals surface area (Å²) in [7, 11) is 0. The molecule has 0 bridgehead atoms. The Morgan fingerprint density at radius 3 is 2.35 bits per heavy atom. The van der Waals surface area contributed by atoms with E-state index in [4.69, 9.17) is 0 Å². The van der Waals surface area contributed by atoms with Gasteiger partial charge in [-0.3, -0.25) is 19.2 Å². The van der Waals surface area contributed by atoms with E-state index in [2.05, 4.69) is 10.6 Å². The summed E-state index contributed by atoms with van der Waals surface area (Å²) in [4.78, 5) is 52.3. The average Bonchev–Trinajstić information content (AvgIpc) is 3.72. The van der Waals surface area contributed by atoms with E-state index in [9.17, 15) is 37.6 Å². The van der Waals surface area contributed by atoms with Gasteiger partial charge < -0.3 is 20.9 Å². The van der Waals surface area contributed by atoms with Crippen LogP contribution in [-0.2, 0) is 19.2 Å². The Labute approximate surface area is 213 Å². The van der Waals surface area contributed by atoms with E-state index in [-0.39, 0.29) is 36.2 Å². The van der Waals surface area contributed by atoms with Gasteiger partial charge in [0.25, 0.3) is 0 Å². The van der Waals surface area contributed by atoms with Crippen molar-refractivity contribution in [2.75, 3.05) is 6.54 Å². The number of alkyl halides is 3. The monoisotopic (exact) mass is 525 g/mol. The van der Waals surface area contributed by atoms with Crippen molar-refractivity contribution in [1.29, 1.82) is 5.26 Å². The molecule has 6 atom stereocenters. The van der Waals surface area contributed by atoms with Gasteiger partial charge in [-0.2, -0.15) is 18.4 Å². The number of likely N-dealkylation sites (tertiary alicyclic amines) is 1. The molecule has 1 spiro atoms. The third-order valence-corrected chi connectivity index (χ3v) is 8.21. The Kier molecular flexibility index (Phi) is 6.97. The molecule has 2 aliphatic heterocycles. The summed E-state index contributed by atoms with van der Waals surface area (Å²) >= 11 is 0. The molecule has 4 amide bonds. The Hall–Kier alpha value is -2.84. The van der Waals surface area contributed by atoms with Crippen LogP contribution in [0.15, 0.2) is 0 Å². The van der Waals surface area contributed by atoms with Crippen LogP contribution in [0.5, 0.6) is 0 Å². The molecule has 4 rings (SSSR count). The van der Waals surface area contributed by atoms with Gasteiger partial charge in [0, 0.05) is 18.0 Å². The molecule has 2 heterocycles. The van der Waals surface area contributed by atoms with Crippen molar-refractivity contribution in [3.63, 3.8) is 0 Å². The van der Waals surface area contributed by atoms with Gasteiger partial charge in [0.2, 0.25) is 17.7 Å². The number of piperidine rings is 2. The number of carbonyl (C=O) groups is 4. The van der Waals surface area contributed by atoms with Crippen LogP contribution in [0, 0.1) is 34.5 Å². The Balaban J connectivity index is 1.45. The highest BCUT2D eigenvalue weighted by molar-refractivity contribution is 5.94. The minimum absolute atomic E-state index is 0.0894. The molecule has 4 fully saturated rings. The zero-order valence-corrected chi connectivity index (χ0v) is 21.3. The molecule has 3 N–H and O–H groups in total. The largest absolute Gasteiger partial charge is 0.471 e. The maximum Gasteiger partial charge on any atom is 0.471 e. The summed E-state index contributed by atoms with van der Waals surface area (Å²) in [5, 5.41) is 17.2. The van der Waals surface area contributed by atoms with Crippen LogP contribution < -0.4 is 16.0 Å². The highest BCUT2D eigenvalue weighted by atomic mass is 19.4. The first kappa shape index (κ1) is 27.2. The second kappa shape index (κ2) is 9.48. The van der Waals surface area contributed by atoms with Gasteiger partial charge >= 0.3 is 12.1 Å². The minimum Gasteiger partial charge on any atom is -0.350 e. The fourth-order valence-electron chi connectivity index (χ4n) is 5.59. The van der Waals surface area contributed by atoms with E-state index in [0.717, 1.165) is 25.7 Å². The number of nitriles is 1. The van der Waals surface area contributed by atoms with Crippen molar-refractivity contribution in [1.82, 2.24) is 20.9 Å². The lowest BCUT2D eigenvalue weighted by molar-refractivity contribution is -0.176. The Morgan fingerprint density at radius 1 is 1.14 bits per heavy atom. The van der Waals surface area contributed by atoms with E-state index < -0.39 is 53.4 Å². The third kappa shape index (κ3) is 6.02. The topological polar surface area (TPSA) is 131 Å².